The largest absolute Gasteiger partial charge is 0.490 e. The molecule has 21 heavy (non-hydrogen) atoms. The van der Waals surface area contributed by atoms with Gasteiger partial charge in [0.1, 0.15) is 5.75 Å². The highest BCUT2D eigenvalue weighted by Crippen LogP contribution is 2.32. The molecule has 108 valence electrons. The summed E-state index contributed by atoms with van der Waals surface area (Å²) in [7, 11) is 0. The minimum Gasteiger partial charge on any atom is -0.490 e. The van der Waals surface area contributed by atoms with Gasteiger partial charge in [-0.2, -0.15) is 0 Å². The molecule has 5 heteroatoms. The second-order valence-electron chi connectivity index (χ2n) is 4.54. The van der Waals surface area contributed by atoms with Crippen LogP contribution in [-0.2, 0) is 0 Å². The van der Waals surface area contributed by atoms with E-state index in [0.29, 0.717) is 36.1 Å². The first kappa shape index (κ1) is 13.3. The van der Waals surface area contributed by atoms with E-state index < -0.39 is 6.09 Å². The van der Waals surface area contributed by atoms with Crippen LogP contribution in [0.15, 0.2) is 48.5 Å². The minimum atomic E-state index is -0.546. The van der Waals surface area contributed by atoms with E-state index in [1.165, 1.54) is 0 Å². The molecule has 1 aliphatic heterocycles. The van der Waals surface area contributed by atoms with Gasteiger partial charge in [0.25, 0.3) is 0 Å². The topological polar surface area (TPSA) is 56.8 Å². The summed E-state index contributed by atoms with van der Waals surface area (Å²) < 4.78 is 16.3. The summed E-state index contributed by atoms with van der Waals surface area (Å²) in [4.78, 5) is 11.8. The lowest BCUT2D eigenvalue weighted by Gasteiger charge is -2.10. The zero-order chi connectivity index (χ0) is 14.5. The summed E-state index contributed by atoms with van der Waals surface area (Å²) in [5.41, 5.74) is 0.597. The first-order valence-corrected chi connectivity index (χ1v) is 6.75. The summed E-state index contributed by atoms with van der Waals surface area (Å²) in [6.07, 6.45) is 0.295. The quantitative estimate of drug-likeness (QED) is 0.918. The average molecular weight is 285 g/mol. The van der Waals surface area contributed by atoms with Crippen molar-refractivity contribution in [3.8, 4) is 17.2 Å². The van der Waals surface area contributed by atoms with Gasteiger partial charge < -0.3 is 14.2 Å². The second kappa shape index (κ2) is 6.17. The maximum absolute atomic E-state index is 11.8. The van der Waals surface area contributed by atoms with E-state index >= 15 is 0 Å². The number of amides is 1. The van der Waals surface area contributed by atoms with Gasteiger partial charge in [-0.3, -0.25) is 5.32 Å². The van der Waals surface area contributed by atoms with E-state index in [2.05, 4.69) is 5.32 Å². The van der Waals surface area contributed by atoms with Gasteiger partial charge in [-0.05, 0) is 24.3 Å². The van der Waals surface area contributed by atoms with Gasteiger partial charge in [-0.15, -0.1) is 0 Å². The van der Waals surface area contributed by atoms with Gasteiger partial charge in [0.2, 0.25) is 0 Å². The molecule has 0 aliphatic carbocycles. The maximum atomic E-state index is 11.8. The molecule has 5 nitrogen and oxygen atoms in total. The summed E-state index contributed by atoms with van der Waals surface area (Å²) in [6, 6.07) is 14.1. The molecule has 0 saturated carbocycles. The summed E-state index contributed by atoms with van der Waals surface area (Å²) in [5, 5.41) is 2.66. The van der Waals surface area contributed by atoms with Crippen molar-refractivity contribution in [2.45, 2.75) is 6.42 Å². The molecule has 1 aliphatic rings. The van der Waals surface area contributed by atoms with E-state index in [-0.39, 0.29) is 0 Å². The van der Waals surface area contributed by atoms with Gasteiger partial charge in [-0.1, -0.05) is 18.2 Å². The molecule has 0 fully saturated rings. The molecule has 0 aromatic heterocycles. The zero-order valence-electron chi connectivity index (χ0n) is 11.4. The minimum absolute atomic E-state index is 0.490. The fraction of sp³-hybridized carbons (Fsp3) is 0.188. The first-order valence-electron chi connectivity index (χ1n) is 6.75. The van der Waals surface area contributed by atoms with Crippen LogP contribution < -0.4 is 19.5 Å². The Balaban J connectivity index is 1.67. The third kappa shape index (κ3) is 3.45. The van der Waals surface area contributed by atoms with Crippen LogP contribution in [0.4, 0.5) is 10.5 Å². The molecule has 0 spiro atoms. The van der Waals surface area contributed by atoms with Crippen LogP contribution in [0, 0.1) is 0 Å². The summed E-state index contributed by atoms with van der Waals surface area (Å²) >= 11 is 0. The monoisotopic (exact) mass is 285 g/mol. The number of fused-ring (bicyclic) bond motifs is 1. The second-order valence-corrected chi connectivity index (χ2v) is 4.54. The van der Waals surface area contributed by atoms with E-state index in [4.69, 9.17) is 14.2 Å². The van der Waals surface area contributed by atoms with E-state index in [1.807, 2.05) is 6.07 Å². The van der Waals surface area contributed by atoms with Crippen molar-refractivity contribution < 1.29 is 19.0 Å². The number of para-hydroxylation sites is 1. The Morgan fingerprint density at radius 2 is 1.76 bits per heavy atom. The summed E-state index contributed by atoms with van der Waals surface area (Å²) in [6.45, 7) is 1.24. The highest BCUT2D eigenvalue weighted by molar-refractivity contribution is 5.86. The molecule has 1 amide bonds. The fourth-order valence-corrected chi connectivity index (χ4v) is 1.98. The molecule has 1 heterocycles. The van der Waals surface area contributed by atoms with Crippen molar-refractivity contribution in [3.63, 3.8) is 0 Å². The van der Waals surface area contributed by atoms with Crippen LogP contribution in [0.3, 0.4) is 0 Å². The molecular weight excluding hydrogens is 270 g/mol. The third-order valence-electron chi connectivity index (χ3n) is 2.95. The number of anilines is 1. The lowest BCUT2D eigenvalue weighted by atomic mass is 10.3. The maximum Gasteiger partial charge on any atom is 0.417 e. The molecule has 0 bridgehead atoms. The number of hydrogen-bond acceptors (Lipinski definition) is 4. The Labute approximate surface area is 122 Å². The molecule has 0 radical (unpaired) electrons. The molecular formula is C16H15NO4. The van der Waals surface area contributed by atoms with Crippen molar-refractivity contribution >= 4 is 11.8 Å². The molecule has 3 rings (SSSR count). The van der Waals surface area contributed by atoms with E-state index in [9.17, 15) is 4.79 Å². The third-order valence-corrected chi connectivity index (χ3v) is 2.95. The normalized spacial score (nSPS) is 13.1. The Kier molecular flexibility index (Phi) is 3.91. The predicted octanol–water partition coefficient (Wildman–Crippen LogP) is 3.46. The number of carbonyl (C=O) groups is 1. The Bertz CT molecular complexity index is 627. The lowest BCUT2D eigenvalue weighted by molar-refractivity contribution is 0.215. The number of hydrogen-bond donors (Lipinski definition) is 1. The fourth-order valence-electron chi connectivity index (χ4n) is 1.98. The Morgan fingerprint density at radius 3 is 2.57 bits per heavy atom. The SMILES string of the molecule is O=C(Nc1ccc2c(c1)OCCCO2)Oc1ccccc1. The average Bonchev–Trinajstić information content (AvgIpc) is 2.73. The van der Waals surface area contributed by atoms with Crippen LogP contribution in [0.25, 0.3) is 0 Å². The number of benzene rings is 2. The molecule has 2 aromatic rings. The lowest BCUT2D eigenvalue weighted by Crippen LogP contribution is -2.16. The van der Waals surface area contributed by atoms with Gasteiger partial charge in [0.05, 0.1) is 13.2 Å². The Hall–Kier alpha value is -2.69. The number of nitrogens with one attached hydrogen (secondary N) is 1. The zero-order valence-corrected chi connectivity index (χ0v) is 11.4. The van der Waals surface area contributed by atoms with Crippen LogP contribution in [-0.4, -0.2) is 19.3 Å². The van der Waals surface area contributed by atoms with Crippen LogP contribution in [0.1, 0.15) is 6.42 Å². The van der Waals surface area contributed by atoms with Crippen molar-refractivity contribution in [1.29, 1.82) is 0 Å². The smallest absolute Gasteiger partial charge is 0.417 e. The number of ether oxygens (including phenoxy) is 3. The molecule has 0 unspecified atom stereocenters. The van der Waals surface area contributed by atoms with Gasteiger partial charge >= 0.3 is 6.09 Å². The highest BCUT2D eigenvalue weighted by Gasteiger charge is 2.12. The molecule has 0 atom stereocenters. The van der Waals surface area contributed by atoms with E-state index in [0.717, 1.165) is 6.42 Å². The van der Waals surface area contributed by atoms with Crippen LogP contribution in [0.5, 0.6) is 17.2 Å². The number of rotatable bonds is 2. The van der Waals surface area contributed by atoms with Gasteiger partial charge in [0.15, 0.2) is 11.5 Å². The summed E-state index contributed by atoms with van der Waals surface area (Å²) in [5.74, 6) is 1.81. The van der Waals surface area contributed by atoms with Crippen molar-refractivity contribution in [3.05, 3.63) is 48.5 Å². The Morgan fingerprint density at radius 1 is 1.00 bits per heavy atom. The van der Waals surface area contributed by atoms with Crippen molar-refractivity contribution in [1.82, 2.24) is 0 Å². The van der Waals surface area contributed by atoms with E-state index in [1.54, 1.807) is 42.5 Å². The standard InChI is InChI=1S/C16H15NO4/c18-16(21-13-5-2-1-3-6-13)17-12-7-8-14-15(11-12)20-10-4-9-19-14/h1-3,5-8,11H,4,9-10H2,(H,17,18). The molecule has 1 N–H and O–H groups in total. The molecule has 0 saturated heterocycles. The van der Waals surface area contributed by atoms with Crippen LogP contribution in [0.2, 0.25) is 0 Å². The first-order chi connectivity index (χ1) is 10.3. The van der Waals surface area contributed by atoms with Gasteiger partial charge in [0, 0.05) is 18.2 Å². The van der Waals surface area contributed by atoms with Crippen LogP contribution >= 0.6 is 0 Å². The van der Waals surface area contributed by atoms with Gasteiger partial charge in [-0.25, -0.2) is 4.79 Å². The highest BCUT2D eigenvalue weighted by atomic mass is 16.6. The van der Waals surface area contributed by atoms with Crippen molar-refractivity contribution in [2.24, 2.45) is 0 Å². The predicted molar refractivity (Wildman–Crippen MR) is 78.1 cm³/mol. The molecule has 2 aromatic carbocycles. The number of carbonyl (C=O) groups excluding carboxylic acids is 1. The van der Waals surface area contributed by atoms with Crippen molar-refractivity contribution in [2.75, 3.05) is 18.5 Å².